The number of piperidine rings is 2. The van der Waals surface area contributed by atoms with Gasteiger partial charge in [-0.15, -0.1) is 0 Å². The van der Waals surface area contributed by atoms with Crippen molar-refractivity contribution in [2.75, 3.05) is 91.9 Å². The van der Waals surface area contributed by atoms with Crippen molar-refractivity contribution in [3.05, 3.63) is 0 Å². The fourth-order valence-corrected chi connectivity index (χ4v) is 5.32. The Balaban J connectivity index is 1.63. The summed E-state index contributed by atoms with van der Waals surface area (Å²) < 4.78 is 0. The minimum atomic E-state index is -0.0852. The van der Waals surface area contributed by atoms with E-state index in [0.717, 1.165) is 76.8 Å². The lowest BCUT2D eigenvalue weighted by molar-refractivity contribution is -0.133. The second-order valence-electron chi connectivity index (χ2n) is 9.51. The summed E-state index contributed by atoms with van der Waals surface area (Å²) >= 11 is 0. The van der Waals surface area contributed by atoms with Crippen LogP contribution in [-0.4, -0.2) is 144 Å². The van der Waals surface area contributed by atoms with E-state index in [2.05, 4.69) is 9.80 Å². The van der Waals surface area contributed by atoms with Crippen LogP contribution in [0.15, 0.2) is 0 Å². The Kier molecular flexibility index (Phi) is 13.9. The Morgan fingerprint density at radius 2 is 0.882 bits per heavy atom. The number of aliphatic hydroxyl groups is 4. The normalized spacial score (nSPS) is 18.8. The summed E-state index contributed by atoms with van der Waals surface area (Å²) in [5, 5.41) is 36.4. The summed E-state index contributed by atoms with van der Waals surface area (Å²) in [6.07, 6.45) is 5.49. The maximum absolute atomic E-state index is 12.3. The van der Waals surface area contributed by atoms with E-state index < -0.39 is 0 Å². The summed E-state index contributed by atoms with van der Waals surface area (Å²) in [6.45, 7) is 6.27. The molecule has 0 aromatic heterocycles. The molecular weight excluding hydrogens is 440 g/mol. The van der Waals surface area contributed by atoms with Crippen LogP contribution in [0.5, 0.6) is 0 Å². The predicted octanol–water partition coefficient (Wildman–Crippen LogP) is -1.18. The number of nitrogens with zero attached hydrogens (tertiary/aromatic N) is 4. The molecule has 0 aromatic carbocycles. The third-order valence-corrected chi connectivity index (χ3v) is 7.40. The van der Waals surface area contributed by atoms with Gasteiger partial charge < -0.3 is 40.0 Å². The lowest BCUT2D eigenvalue weighted by Crippen LogP contribution is -2.43. The molecule has 2 fully saturated rings. The van der Waals surface area contributed by atoms with Crippen LogP contribution in [0.4, 0.5) is 0 Å². The van der Waals surface area contributed by atoms with E-state index in [4.69, 9.17) is 20.4 Å². The second-order valence-corrected chi connectivity index (χ2v) is 9.51. The van der Waals surface area contributed by atoms with Crippen molar-refractivity contribution in [1.82, 2.24) is 19.6 Å². The zero-order chi connectivity index (χ0) is 24.8. The van der Waals surface area contributed by atoms with E-state index in [1.165, 1.54) is 9.80 Å². The third-order valence-electron chi connectivity index (χ3n) is 7.40. The van der Waals surface area contributed by atoms with Gasteiger partial charge in [0.2, 0.25) is 11.8 Å². The highest BCUT2D eigenvalue weighted by Gasteiger charge is 2.30. The molecule has 0 aromatic rings. The Bertz CT molecular complexity index is 518. The van der Waals surface area contributed by atoms with Crippen LogP contribution < -0.4 is 0 Å². The minimum Gasteiger partial charge on any atom is -0.395 e. The Morgan fingerprint density at radius 3 is 1.15 bits per heavy atom. The van der Waals surface area contributed by atoms with E-state index in [9.17, 15) is 9.59 Å². The number of hydrogen-bond donors (Lipinski definition) is 4. The van der Waals surface area contributed by atoms with Crippen molar-refractivity contribution < 1.29 is 30.0 Å². The number of rotatable bonds is 15. The van der Waals surface area contributed by atoms with Crippen LogP contribution in [0.3, 0.4) is 0 Å². The van der Waals surface area contributed by atoms with Crippen LogP contribution in [0, 0.1) is 11.8 Å². The van der Waals surface area contributed by atoms with Crippen LogP contribution in [-0.2, 0) is 9.59 Å². The van der Waals surface area contributed by atoms with Gasteiger partial charge in [0.25, 0.3) is 0 Å². The lowest BCUT2D eigenvalue weighted by Gasteiger charge is -2.40. The molecule has 10 heteroatoms. The van der Waals surface area contributed by atoms with E-state index in [1.54, 1.807) is 0 Å². The maximum atomic E-state index is 12.3. The van der Waals surface area contributed by atoms with Crippen molar-refractivity contribution in [2.45, 2.75) is 38.5 Å². The number of likely N-dealkylation sites (tertiary alicyclic amines) is 2. The van der Waals surface area contributed by atoms with Gasteiger partial charge in [-0.2, -0.15) is 0 Å². The van der Waals surface area contributed by atoms with E-state index in [1.807, 2.05) is 0 Å². The van der Waals surface area contributed by atoms with Crippen LogP contribution in [0.1, 0.15) is 38.5 Å². The first kappa shape index (κ1) is 28.9. The van der Waals surface area contributed by atoms with E-state index in [0.29, 0.717) is 12.8 Å². The first-order valence-corrected chi connectivity index (χ1v) is 13.0. The van der Waals surface area contributed by atoms with Gasteiger partial charge in [0.1, 0.15) is 0 Å². The van der Waals surface area contributed by atoms with Crippen molar-refractivity contribution in [3.63, 3.8) is 0 Å². The predicted molar refractivity (Wildman–Crippen MR) is 129 cm³/mol. The first-order chi connectivity index (χ1) is 16.5. The standard InChI is InChI=1S/C24H46N4O6/c29-17-13-27(14-18-30)23(33)5-11-25-7-1-21(2-8-25)22-3-9-26(10-4-22)12-6-24(34)28(15-19-31)16-20-32/h21-22,29-32H,1-20H2. The van der Waals surface area contributed by atoms with Gasteiger partial charge in [-0.25, -0.2) is 0 Å². The molecule has 10 nitrogen and oxygen atoms in total. The molecule has 2 aliphatic heterocycles. The molecule has 2 saturated heterocycles. The van der Waals surface area contributed by atoms with Gasteiger partial charge in [0.15, 0.2) is 0 Å². The molecule has 198 valence electrons. The van der Waals surface area contributed by atoms with Crippen LogP contribution in [0.2, 0.25) is 0 Å². The first-order valence-electron chi connectivity index (χ1n) is 13.0. The monoisotopic (exact) mass is 486 g/mol. The Hall–Kier alpha value is -1.30. The van der Waals surface area contributed by atoms with Crippen molar-refractivity contribution >= 4 is 11.8 Å². The van der Waals surface area contributed by atoms with Crippen molar-refractivity contribution in [2.24, 2.45) is 11.8 Å². The highest BCUT2D eigenvalue weighted by molar-refractivity contribution is 5.76. The Morgan fingerprint density at radius 1 is 0.588 bits per heavy atom. The molecule has 0 radical (unpaired) electrons. The molecule has 0 saturated carbocycles. The SMILES string of the molecule is O=C(CCN1CCC(C2CCN(CCC(=O)N(CCO)CCO)CC2)CC1)N(CCO)CCO. The van der Waals surface area contributed by atoms with Gasteiger partial charge in [0.05, 0.1) is 26.4 Å². The number of carbonyl (C=O) groups is 2. The number of hydrogen-bond acceptors (Lipinski definition) is 8. The van der Waals surface area contributed by atoms with E-state index >= 15 is 0 Å². The third kappa shape index (κ3) is 9.75. The summed E-state index contributed by atoms with van der Waals surface area (Å²) in [6, 6.07) is 0. The molecule has 0 spiro atoms. The number of carbonyl (C=O) groups excluding carboxylic acids is 2. The van der Waals surface area contributed by atoms with Crippen molar-refractivity contribution in [1.29, 1.82) is 0 Å². The number of aliphatic hydroxyl groups excluding tert-OH is 4. The molecule has 0 bridgehead atoms. The second kappa shape index (κ2) is 16.4. The van der Waals surface area contributed by atoms with Crippen molar-refractivity contribution in [3.8, 4) is 0 Å². The molecule has 2 rings (SSSR count). The van der Waals surface area contributed by atoms with Crippen LogP contribution >= 0.6 is 0 Å². The molecule has 0 atom stereocenters. The maximum Gasteiger partial charge on any atom is 0.224 e. The molecule has 34 heavy (non-hydrogen) atoms. The molecule has 4 N–H and O–H groups in total. The average molecular weight is 487 g/mol. The lowest BCUT2D eigenvalue weighted by atomic mass is 9.79. The van der Waals surface area contributed by atoms with E-state index in [-0.39, 0.29) is 64.4 Å². The van der Waals surface area contributed by atoms with Gasteiger partial charge in [-0.1, -0.05) is 0 Å². The Labute approximate surface area is 204 Å². The van der Waals surface area contributed by atoms with Gasteiger partial charge >= 0.3 is 0 Å². The molecule has 0 unspecified atom stereocenters. The quantitative estimate of drug-likeness (QED) is 0.228. The van der Waals surface area contributed by atoms with Crippen LogP contribution in [0.25, 0.3) is 0 Å². The van der Waals surface area contributed by atoms with Gasteiger partial charge in [-0.05, 0) is 63.7 Å². The summed E-state index contributed by atoms with van der Waals surface area (Å²) in [4.78, 5) is 32.4. The molecule has 2 aliphatic rings. The zero-order valence-corrected chi connectivity index (χ0v) is 20.7. The highest BCUT2D eigenvalue weighted by atomic mass is 16.3. The molecule has 2 amide bonds. The molecule has 2 heterocycles. The topological polar surface area (TPSA) is 128 Å². The molecular formula is C24H46N4O6. The fraction of sp³-hybridized carbons (Fsp3) is 0.917. The minimum absolute atomic E-state index is 0.00748. The number of amides is 2. The highest BCUT2D eigenvalue weighted by Crippen LogP contribution is 2.32. The van der Waals surface area contributed by atoms with Gasteiger partial charge in [0, 0.05) is 52.1 Å². The largest absolute Gasteiger partial charge is 0.395 e. The summed E-state index contributed by atoms with van der Waals surface area (Å²) in [7, 11) is 0. The zero-order valence-electron chi connectivity index (χ0n) is 20.7. The summed E-state index contributed by atoms with van der Waals surface area (Å²) in [5.74, 6) is 1.43. The average Bonchev–Trinajstić information content (AvgIpc) is 2.86. The molecule has 0 aliphatic carbocycles. The fourth-order valence-electron chi connectivity index (χ4n) is 5.32. The smallest absolute Gasteiger partial charge is 0.224 e. The van der Waals surface area contributed by atoms with Gasteiger partial charge in [-0.3, -0.25) is 9.59 Å². The summed E-state index contributed by atoms with van der Waals surface area (Å²) in [5.41, 5.74) is 0.